The van der Waals surface area contributed by atoms with Crippen LogP contribution in [0.25, 0.3) is 0 Å². The van der Waals surface area contributed by atoms with E-state index in [0.717, 1.165) is 0 Å². The molecule has 24 unspecified atom stereocenters. The average molecular weight is 2090 g/mol. The lowest BCUT2D eigenvalue weighted by Crippen LogP contribution is -2.68. The molecule has 0 saturated carbocycles. The Kier molecular flexibility index (Phi) is 41.1. The molecule has 0 spiro atoms. The van der Waals surface area contributed by atoms with Crippen LogP contribution in [0.5, 0.6) is 0 Å². The molecule has 1 amide bonds. The van der Waals surface area contributed by atoms with E-state index in [-0.39, 0.29) is 5.33 Å². The Morgan fingerprint density at radius 1 is 0.341 bits per heavy atom. The second kappa shape index (κ2) is 49.3. The highest BCUT2D eigenvalue weighted by Gasteiger charge is 2.64. The van der Waals surface area contributed by atoms with Crippen LogP contribution < -0.4 is 16.8 Å². The highest BCUT2D eigenvalue weighted by atomic mass is 79.9. The molecule has 0 aromatic rings. The lowest BCUT2D eigenvalue weighted by atomic mass is 9.89. The van der Waals surface area contributed by atoms with E-state index in [1.165, 1.54) is 27.7 Å². The van der Waals surface area contributed by atoms with Crippen molar-refractivity contribution in [3.8, 4) is 0 Å². The molecule has 11 rings (SSSR count). The number of nitrogens with one attached hydrogen (secondary N) is 1. The summed E-state index contributed by atoms with van der Waals surface area (Å²) >= 11 is 3.03. The van der Waals surface area contributed by atoms with Crippen LogP contribution in [-0.2, 0) is 114 Å². The number of carbonyl (C=O) groups is 3. The third-order valence-corrected chi connectivity index (χ3v) is 27.4. The molecule has 138 heavy (non-hydrogen) atoms. The number of carbonyl (C=O) groups excluding carboxylic acids is 1. The Morgan fingerprint density at radius 3 is 0.993 bits per heavy atom. The molecule has 0 aromatic heterocycles. The zero-order chi connectivity index (χ0) is 102. The van der Waals surface area contributed by atoms with Crippen LogP contribution in [0.2, 0.25) is 0 Å². The summed E-state index contributed by atoms with van der Waals surface area (Å²) in [6, 6.07) is -3.19. The molecule has 11 aliphatic heterocycles. The number of ether oxygens (including phenoxy) is 21. The molecule has 11 heterocycles. The zero-order valence-corrected chi connectivity index (χ0v) is 75.9. The molecule has 57 atom stereocenters. The summed E-state index contributed by atoms with van der Waals surface area (Å²) < 4.78 is 125. The van der Waals surface area contributed by atoms with E-state index in [1.807, 2.05) is 0 Å². The van der Waals surface area contributed by atoms with Crippen molar-refractivity contribution in [1.82, 2.24) is 5.32 Å². The van der Waals surface area contributed by atoms with Crippen LogP contribution in [0.4, 0.5) is 0 Å². The molecule has 60 heteroatoms. The van der Waals surface area contributed by atoms with Gasteiger partial charge in [-0.3, -0.25) is 4.79 Å². The van der Waals surface area contributed by atoms with Gasteiger partial charge in [-0.25, -0.2) is 9.59 Å². The Bertz CT molecular complexity index is 3770. The van der Waals surface area contributed by atoms with Gasteiger partial charge in [0.2, 0.25) is 5.91 Å². The normalized spacial score (nSPS) is 49.8. The van der Waals surface area contributed by atoms with E-state index >= 15 is 0 Å². The van der Waals surface area contributed by atoms with Gasteiger partial charge in [0.05, 0.1) is 127 Å². The molecule has 0 aromatic carbocycles. The molecule has 0 aliphatic carbocycles. The number of hydrogen-bond donors (Lipinski definition) is 35. The summed E-state index contributed by atoms with van der Waals surface area (Å²) in [5, 5.41) is 358. The molecule has 0 bridgehead atoms. The lowest BCUT2D eigenvalue weighted by Gasteiger charge is -2.51. The zero-order valence-electron chi connectivity index (χ0n) is 74.3. The number of carboxylic acid groups (broad SMARTS) is 2. The van der Waals surface area contributed by atoms with E-state index < -0.39 is 451 Å². The minimum Gasteiger partial charge on any atom is -0.477 e. The summed E-state index contributed by atoms with van der Waals surface area (Å²) in [5.41, 5.74) is 11.9. The van der Waals surface area contributed by atoms with Gasteiger partial charge >= 0.3 is 11.9 Å². The van der Waals surface area contributed by atoms with E-state index in [9.17, 15) is 178 Å². The summed E-state index contributed by atoms with van der Waals surface area (Å²) in [7, 11) is 0. The number of hydrogen-bond acceptors (Lipinski definition) is 56. The molecular weight excluding hydrogens is 1950 g/mol. The van der Waals surface area contributed by atoms with Crippen LogP contribution in [0, 0.1) is 23.7 Å². The first-order valence-corrected chi connectivity index (χ1v) is 45.6. The van der Waals surface area contributed by atoms with Gasteiger partial charge in [0.1, 0.15) is 214 Å². The minimum atomic E-state index is -2.98. The monoisotopic (exact) mass is 2090 g/mol. The number of aliphatic carboxylic acids is 2. The molecule has 11 saturated heterocycles. The number of aliphatic hydroxyl groups is 30. The van der Waals surface area contributed by atoms with E-state index in [2.05, 4.69) is 21.2 Å². The third-order valence-electron chi connectivity index (χ3n) is 26.9. The number of nitrogens with two attached hydrogens (primary N) is 2. The molecular formula is C78H132BrN3O56. The van der Waals surface area contributed by atoms with Crippen LogP contribution in [0.1, 0.15) is 40.5 Å². The molecule has 59 nitrogen and oxygen atoms in total. The number of aliphatic hydroxyl groups excluding tert-OH is 30. The first kappa shape index (κ1) is 115. The quantitative estimate of drug-likeness (QED) is 0.0254. The van der Waals surface area contributed by atoms with Gasteiger partial charge in [0, 0.05) is 36.5 Å². The van der Waals surface area contributed by atoms with Crippen molar-refractivity contribution >= 4 is 33.8 Å². The van der Waals surface area contributed by atoms with Crippen molar-refractivity contribution in [3.05, 3.63) is 0 Å². The van der Waals surface area contributed by atoms with Crippen LogP contribution in [0.15, 0.2) is 0 Å². The maximum atomic E-state index is 12.9. The van der Waals surface area contributed by atoms with Crippen molar-refractivity contribution in [2.75, 3.05) is 78.0 Å². The fourth-order valence-electron chi connectivity index (χ4n) is 18.1. The van der Waals surface area contributed by atoms with Gasteiger partial charge < -0.3 is 280 Å². The average Bonchev–Trinajstić information content (AvgIpc) is 0.927. The van der Waals surface area contributed by atoms with Gasteiger partial charge in [0.25, 0.3) is 11.6 Å². The third kappa shape index (κ3) is 24.3. The second-order valence-electron chi connectivity index (χ2n) is 36.1. The Balaban J connectivity index is 0.836. The Hall–Kier alpha value is -3.23. The highest BCUT2D eigenvalue weighted by molar-refractivity contribution is 9.09. The number of rotatable bonds is 39. The van der Waals surface area contributed by atoms with Gasteiger partial charge in [-0.2, -0.15) is 0 Å². The summed E-state index contributed by atoms with van der Waals surface area (Å²) in [4.78, 5) is 38.1. The van der Waals surface area contributed by atoms with Crippen LogP contribution in [0.3, 0.4) is 0 Å². The highest BCUT2D eigenvalue weighted by Crippen LogP contribution is 2.45. The van der Waals surface area contributed by atoms with Crippen LogP contribution in [-0.4, -0.2) is 584 Å². The molecule has 11 aliphatic rings. The topological polar surface area (TPSA) is 956 Å². The minimum absolute atomic E-state index is 0.173. The summed E-state index contributed by atoms with van der Waals surface area (Å²) in [5.74, 6) is -15.7. The number of amides is 1. The lowest BCUT2D eigenvalue weighted by molar-refractivity contribution is -0.402. The molecule has 0 radical (unpaired) electrons. The Morgan fingerprint density at radius 2 is 0.638 bits per heavy atom. The standard InChI is InChI=1S/C78H132BrN3O56/c1-19-39(96)57(29(12-87)121-66(19)82-36(95)7-79)130-67-20(2)40(97)60(32(15-90)124-67)133-72-56(113)63(134-74-65(53(110)46(103)28(11-86)123-74)136-69-22(4)42(99)59(31(14-89)126-69)132-71-55(112)51(108)48(105)35(129-71)18-120-78(76(116)117)6-24(92)38(81)62(138-78)44(101)26(94)9-84)49(106)33(127-72)16-118-73-64(52(109)45(102)27(10-85)122-73)135-68-21(3)41(98)58(30(13-88)125-68)131-70-54(111)50(107)47(104)34(128-70)17-119-77(75(114)115)5-23(91)37(80)61(137-77)43(100)25(93)8-83/h19-35,37-74,83-94,96-113H,5-18,80-81H2,1-4H3,(H,82,95)(H,114,115)(H,116,117)/t19-,20-,21?,22-,23+,24+,25?,26?,27?,28+,29?,30-,31?,32?,33?,34?,35?,37+,38+,39?,40?,41?,42?,43+,44+,45+,46+,47-,48?,49+,50?,51+,52?,53?,54-,55-,56?,57+,58+,59+,60+,61?,62?,63?,64?,65?,66+,67-,68-,69-,70-,71-,72-,73-,74+,77+,78+/m0/s1. The number of carboxylic acids is 2. The van der Waals surface area contributed by atoms with E-state index in [4.69, 9.17) is 111 Å². The number of halogens is 1. The maximum absolute atomic E-state index is 12.9. The molecule has 802 valence electrons. The Labute approximate surface area is 791 Å². The van der Waals surface area contributed by atoms with Crippen molar-refractivity contribution < 1.29 is 277 Å². The van der Waals surface area contributed by atoms with Gasteiger partial charge in [-0.1, -0.05) is 43.6 Å². The summed E-state index contributed by atoms with van der Waals surface area (Å²) in [6.45, 7) is -6.84. The second-order valence-corrected chi connectivity index (χ2v) is 36.7. The first-order chi connectivity index (χ1) is 65.1. The van der Waals surface area contributed by atoms with Gasteiger partial charge in [0.15, 0.2) is 50.3 Å². The number of alkyl halides is 1. The predicted octanol–water partition coefficient (Wildman–Crippen LogP) is -21.0. The van der Waals surface area contributed by atoms with Crippen molar-refractivity contribution in [3.63, 3.8) is 0 Å². The van der Waals surface area contributed by atoms with Crippen molar-refractivity contribution in [2.45, 2.75) is 365 Å². The van der Waals surface area contributed by atoms with Gasteiger partial charge in [-0.15, -0.1) is 0 Å². The van der Waals surface area contributed by atoms with E-state index in [0.29, 0.717) is 0 Å². The molecule has 11 fully saturated rings. The fraction of sp³-hybridized carbons (Fsp3) is 0.962. The van der Waals surface area contributed by atoms with Gasteiger partial charge in [-0.05, 0) is 0 Å². The SMILES string of the molecule is CC1C(O)[C@H](O[C@@H]2OC(CO[C@]3(C(=O)O)C[C@@H](O)[C@@H](N)C([C@H](O)C(O)CO)O3)[C@H](O)C(O)[C@@H]2O)[C@H](CO)O[C@H]1OC1C(O)[C@H](O)C(CO)O[C@@H]1OCC1O[C@@H](O[C@@H]2C(CO)O[C@@H](O[C@@H]3C(CO)O[C@@H](NC(=O)CBr)[C@@H](C)C3O)[C@@H](C)C2O)C(O)C(O[C@H]2O[C@H](CO)[C@@H](O)C(O)C2O[C@@H]2OC(CO)[C@@H](O[C@@H]3OC(CO[C@]4(C(=O)O)C[C@@H](O)[C@@H](N)C([C@H](O)C(O)CO)O4)C(O)[C@@H](O)[C@@H]3O)C(O)[C@@H]2C)[C@@H]1O. The maximum Gasteiger partial charge on any atom is 0.364 e. The predicted molar refractivity (Wildman–Crippen MR) is 433 cm³/mol. The van der Waals surface area contributed by atoms with Crippen LogP contribution >= 0.6 is 15.9 Å². The fourth-order valence-corrected chi connectivity index (χ4v) is 18.3. The largest absolute Gasteiger partial charge is 0.477 e. The smallest absolute Gasteiger partial charge is 0.364 e. The molecule has 37 N–H and O–H groups in total. The van der Waals surface area contributed by atoms with Crippen molar-refractivity contribution in [2.24, 2.45) is 35.1 Å². The summed E-state index contributed by atoms with van der Waals surface area (Å²) in [6.07, 6.45) is -101. The first-order valence-electron chi connectivity index (χ1n) is 44.5. The van der Waals surface area contributed by atoms with E-state index in [1.54, 1.807) is 0 Å². The van der Waals surface area contributed by atoms with Crippen molar-refractivity contribution in [1.29, 1.82) is 0 Å².